The molecule has 4 aromatic rings. The number of piperidine rings is 1. The number of alkyl halides is 2. The summed E-state index contributed by atoms with van der Waals surface area (Å²) < 4.78 is 40.9. The van der Waals surface area contributed by atoms with Crippen molar-refractivity contribution in [3.63, 3.8) is 0 Å². The van der Waals surface area contributed by atoms with E-state index in [2.05, 4.69) is 27.8 Å². The van der Waals surface area contributed by atoms with E-state index in [4.69, 9.17) is 0 Å². The minimum absolute atomic E-state index is 0.0522. The normalized spacial score (nSPS) is 17.5. The molecule has 0 bridgehead atoms. The molecule has 3 aliphatic heterocycles. The number of benzene rings is 3. The number of hydrogen-bond donors (Lipinski definition) is 5. The zero-order chi connectivity index (χ0) is 50.7. The summed E-state index contributed by atoms with van der Waals surface area (Å²) >= 11 is 0.938. The number of rotatable bonds is 14. The number of fused-ring (bicyclic) bond motifs is 2. The lowest BCUT2D eigenvalue weighted by molar-refractivity contribution is -0.141. The molecule has 3 unspecified atom stereocenters. The molecule has 70 heavy (non-hydrogen) atoms. The van der Waals surface area contributed by atoms with E-state index in [1.54, 1.807) is 51.1 Å². The quantitative estimate of drug-likeness (QED) is 0.0472. The number of carbonyl (C=O) groups is 7. The standard InChI is InChI=1S/C49H50F2N7O10PS/c1-48(2,3)42(55-44(62)39-26-31-25-32(15-19-38(31)70-39)49(50,51)69(66,67)68)47(65)57-23-8-12-37(57)46(64)56(33-16-13-29(27-52)14-17-33)24-21-40(59)53-22-6-4-5-9-30-10-7-11-34-35(30)28-58(45(34)63)36-18-20-41(60)54-43(36)61/h7,10-11,13-17,19,25-26,36-37,42H,4,6,8,12,18,20-24,28H2,1-3H3,(H,53,59)(H,55,62)(H,54,60,61)(H2,66,67,68). The van der Waals surface area contributed by atoms with Crippen LogP contribution in [0.2, 0.25) is 0 Å². The Balaban J connectivity index is 0.976. The van der Waals surface area contributed by atoms with Gasteiger partial charge in [-0.15, -0.1) is 11.3 Å². The number of nitrogens with one attached hydrogen (secondary N) is 3. The van der Waals surface area contributed by atoms with Crippen molar-refractivity contribution in [1.29, 1.82) is 5.26 Å². The average molecular weight is 998 g/mol. The second-order valence-corrected chi connectivity index (χ2v) is 21.0. The van der Waals surface area contributed by atoms with Crippen molar-refractivity contribution in [2.45, 2.75) is 96.1 Å². The molecule has 21 heteroatoms. The van der Waals surface area contributed by atoms with E-state index in [1.165, 1.54) is 39.0 Å². The van der Waals surface area contributed by atoms with Crippen molar-refractivity contribution in [3.8, 4) is 17.9 Å². The van der Waals surface area contributed by atoms with Crippen molar-refractivity contribution < 1.29 is 56.7 Å². The fraction of sp³-hybridized carbons (Fsp3) is 0.388. The van der Waals surface area contributed by atoms with Crippen molar-refractivity contribution in [2.24, 2.45) is 5.41 Å². The molecule has 4 heterocycles. The van der Waals surface area contributed by atoms with E-state index < -0.39 is 66.0 Å². The summed E-state index contributed by atoms with van der Waals surface area (Å²) in [6, 6.07) is 14.9. The molecule has 0 aliphatic carbocycles. The van der Waals surface area contributed by atoms with Crippen molar-refractivity contribution >= 4 is 76.1 Å². The molecule has 7 rings (SSSR count). The SMILES string of the molecule is CC(C)(C)C(NC(=O)c1cc2cc(C(F)(F)P(=O)(O)O)ccc2s1)C(=O)N1CCCC1C(=O)N(CCC(=O)NCCCC#Cc1cccc2c1CN(C1CCC(=O)NC1=O)C2=O)c1ccc(C#N)cc1. The van der Waals surface area contributed by atoms with Crippen LogP contribution in [0.1, 0.15) is 108 Å². The van der Waals surface area contributed by atoms with Crippen LogP contribution in [0.5, 0.6) is 0 Å². The predicted molar refractivity (Wildman–Crippen MR) is 253 cm³/mol. The average Bonchev–Trinajstić information content (AvgIpc) is 4.06. The second-order valence-electron chi connectivity index (χ2n) is 18.3. The van der Waals surface area contributed by atoms with Crippen LogP contribution >= 0.6 is 18.9 Å². The van der Waals surface area contributed by atoms with Crippen LogP contribution in [0.25, 0.3) is 10.1 Å². The van der Waals surface area contributed by atoms with Crippen molar-refractivity contribution in [3.05, 3.63) is 99.4 Å². The van der Waals surface area contributed by atoms with Gasteiger partial charge in [-0.3, -0.25) is 43.4 Å². The van der Waals surface area contributed by atoms with E-state index in [-0.39, 0.29) is 79.8 Å². The first-order chi connectivity index (χ1) is 33.1. The Bertz CT molecular complexity index is 2930. The third kappa shape index (κ3) is 11.0. The second kappa shape index (κ2) is 20.6. The molecule has 1 aromatic heterocycles. The van der Waals surface area contributed by atoms with Gasteiger partial charge in [-0.1, -0.05) is 44.7 Å². The number of nitrogens with zero attached hydrogens (tertiary/aromatic N) is 4. The van der Waals surface area contributed by atoms with Crippen LogP contribution in [-0.4, -0.2) is 98.7 Å². The smallest absolute Gasteiger partial charge is 0.356 e. The molecule has 7 amide bonds. The van der Waals surface area contributed by atoms with Gasteiger partial charge in [-0.25, -0.2) is 0 Å². The molecule has 3 aliphatic rings. The molecule has 366 valence electrons. The van der Waals surface area contributed by atoms with Gasteiger partial charge in [0.05, 0.1) is 16.5 Å². The van der Waals surface area contributed by atoms with Gasteiger partial charge in [0.2, 0.25) is 29.5 Å². The van der Waals surface area contributed by atoms with Crippen LogP contribution in [0.15, 0.2) is 66.7 Å². The summed E-state index contributed by atoms with van der Waals surface area (Å²) in [5.74, 6) is 2.97. The van der Waals surface area contributed by atoms with Gasteiger partial charge in [0.25, 0.3) is 11.8 Å². The Kier molecular flexibility index (Phi) is 15.0. The highest BCUT2D eigenvalue weighted by atomic mass is 32.1. The van der Waals surface area contributed by atoms with Crippen molar-refractivity contribution in [2.75, 3.05) is 24.5 Å². The zero-order valence-electron chi connectivity index (χ0n) is 38.4. The zero-order valence-corrected chi connectivity index (χ0v) is 40.1. The van der Waals surface area contributed by atoms with Gasteiger partial charge in [-0.05, 0) is 96.6 Å². The first-order valence-corrected chi connectivity index (χ1v) is 24.9. The fourth-order valence-electron chi connectivity index (χ4n) is 8.64. The molecule has 2 fully saturated rings. The van der Waals surface area contributed by atoms with Crippen LogP contribution in [-0.2, 0) is 40.7 Å². The molecule has 0 saturated carbocycles. The number of hydrogen-bond acceptors (Lipinski definition) is 10. The highest BCUT2D eigenvalue weighted by molar-refractivity contribution is 7.52. The maximum atomic E-state index is 14.5. The van der Waals surface area contributed by atoms with Crippen LogP contribution in [0, 0.1) is 28.6 Å². The summed E-state index contributed by atoms with van der Waals surface area (Å²) in [5.41, 5.74) is -3.72. The van der Waals surface area contributed by atoms with E-state index in [1.807, 2.05) is 6.07 Å². The lowest BCUT2D eigenvalue weighted by atomic mass is 9.85. The van der Waals surface area contributed by atoms with E-state index >= 15 is 0 Å². The number of nitriles is 1. The number of unbranched alkanes of at least 4 members (excludes halogenated alkanes) is 1. The van der Waals surface area contributed by atoms with Gasteiger partial charge in [-0.2, -0.15) is 14.0 Å². The number of amides is 7. The lowest BCUT2D eigenvalue weighted by Crippen LogP contribution is -2.58. The molecular weight excluding hydrogens is 948 g/mol. The molecule has 0 radical (unpaired) electrons. The minimum atomic E-state index is -5.84. The molecule has 5 N–H and O–H groups in total. The topological polar surface area (TPSA) is 247 Å². The molecule has 2 saturated heterocycles. The minimum Gasteiger partial charge on any atom is -0.356 e. The van der Waals surface area contributed by atoms with Gasteiger partial charge >= 0.3 is 13.3 Å². The molecular formula is C49H50F2N7O10PS. The molecule has 3 aromatic carbocycles. The fourth-order valence-corrected chi connectivity index (χ4v) is 10.1. The summed E-state index contributed by atoms with van der Waals surface area (Å²) in [6.07, 6.45) is 1.91. The first-order valence-electron chi connectivity index (χ1n) is 22.5. The highest BCUT2D eigenvalue weighted by Gasteiger charge is 2.50. The molecule has 3 atom stereocenters. The number of likely N-dealkylation sites (tertiary alicyclic amines) is 1. The highest BCUT2D eigenvalue weighted by Crippen LogP contribution is 2.59. The molecule has 17 nitrogen and oxygen atoms in total. The third-order valence-corrected chi connectivity index (χ3v) is 14.5. The maximum absolute atomic E-state index is 14.5. The lowest BCUT2D eigenvalue weighted by Gasteiger charge is -2.36. The first kappa shape index (κ1) is 51.0. The maximum Gasteiger partial charge on any atom is 0.399 e. The largest absolute Gasteiger partial charge is 0.399 e. The van der Waals surface area contributed by atoms with Gasteiger partial charge < -0.3 is 35.1 Å². The van der Waals surface area contributed by atoms with Gasteiger partial charge in [0, 0.05) is 72.5 Å². The number of imide groups is 1. The van der Waals surface area contributed by atoms with E-state index in [0.29, 0.717) is 51.9 Å². The number of halogens is 2. The summed E-state index contributed by atoms with van der Waals surface area (Å²) in [7, 11) is -5.84. The summed E-state index contributed by atoms with van der Waals surface area (Å²) in [6.45, 7) is 5.77. The van der Waals surface area contributed by atoms with Gasteiger partial charge in [0.15, 0.2) is 0 Å². The Morgan fingerprint density at radius 2 is 1.77 bits per heavy atom. The van der Waals surface area contributed by atoms with Gasteiger partial charge in [0.1, 0.15) is 18.1 Å². The number of carbonyl (C=O) groups excluding carboxylic acids is 7. The van der Waals surface area contributed by atoms with Crippen LogP contribution in [0.4, 0.5) is 14.5 Å². The predicted octanol–water partition coefficient (Wildman–Crippen LogP) is 5.27. The van der Waals surface area contributed by atoms with Crippen molar-refractivity contribution in [1.82, 2.24) is 25.8 Å². The summed E-state index contributed by atoms with van der Waals surface area (Å²) in [5, 5.41) is 17.5. The Morgan fingerprint density at radius 3 is 2.46 bits per heavy atom. The Labute approximate surface area is 405 Å². The van der Waals surface area contributed by atoms with E-state index in [0.717, 1.165) is 23.5 Å². The van der Waals surface area contributed by atoms with Crippen LogP contribution in [0.3, 0.4) is 0 Å². The Hall–Kier alpha value is -6.83. The summed E-state index contributed by atoms with van der Waals surface area (Å²) in [4.78, 5) is 116. The van der Waals surface area contributed by atoms with E-state index in [9.17, 15) is 62.0 Å². The number of anilines is 1. The Morgan fingerprint density at radius 1 is 1.03 bits per heavy atom. The monoisotopic (exact) mass is 997 g/mol. The third-order valence-electron chi connectivity index (χ3n) is 12.4. The molecule has 0 spiro atoms. The number of thiophene rings is 1. The van der Waals surface area contributed by atoms with Crippen LogP contribution < -0.4 is 20.9 Å².